The zero-order chi connectivity index (χ0) is 14.3. The molecule has 0 spiro atoms. The van der Waals surface area contributed by atoms with Crippen molar-refractivity contribution in [2.75, 3.05) is 39.0 Å². The second-order valence-electron chi connectivity index (χ2n) is 4.45. The Morgan fingerprint density at radius 3 is 2.84 bits per heavy atom. The number of carbonyl (C=O) groups is 1. The van der Waals surface area contributed by atoms with E-state index in [1.807, 2.05) is 25.9 Å². The lowest BCUT2D eigenvalue weighted by atomic mass is 10.3. The van der Waals surface area contributed by atoms with Gasteiger partial charge in [0.05, 0.1) is 0 Å². The van der Waals surface area contributed by atoms with E-state index in [4.69, 9.17) is 0 Å². The number of rotatable bonds is 7. The molecule has 0 aliphatic carbocycles. The van der Waals surface area contributed by atoms with Gasteiger partial charge in [-0.2, -0.15) is 0 Å². The summed E-state index contributed by atoms with van der Waals surface area (Å²) in [5.74, 6) is 0.256. The molecule has 0 unspecified atom stereocenters. The summed E-state index contributed by atoms with van der Waals surface area (Å²) in [7, 11) is 3.91. The Kier molecular flexibility index (Phi) is 5.95. The number of aryl methyl sites for hydroxylation is 1. The van der Waals surface area contributed by atoms with Crippen LogP contribution in [0.15, 0.2) is 18.7 Å². The van der Waals surface area contributed by atoms with Gasteiger partial charge in [-0.05, 0) is 27.1 Å². The Labute approximate surface area is 113 Å². The average Bonchev–Trinajstić information content (AvgIpc) is 2.35. The zero-order valence-electron chi connectivity index (χ0n) is 11.7. The number of nitrogens with one attached hydrogen (secondary N) is 2. The molecule has 0 saturated heterocycles. The molecule has 0 bridgehead atoms. The van der Waals surface area contributed by atoms with Crippen LogP contribution < -0.4 is 10.6 Å². The molecule has 0 aromatic carbocycles. The average molecular weight is 263 g/mol. The molecule has 0 atom stereocenters. The van der Waals surface area contributed by atoms with Crippen LogP contribution in [0.1, 0.15) is 16.2 Å². The highest BCUT2D eigenvalue weighted by Gasteiger charge is 2.09. The van der Waals surface area contributed by atoms with Crippen molar-refractivity contribution in [3.63, 3.8) is 0 Å². The summed E-state index contributed by atoms with van der Waals surface area (Å²) >= 11 is 0. The van der Waals surface area contributed by atoms with Crippen LogP contribution in [0.2, 0.25) is 0 Å². The van der Waals surface area contributed by atoms with E-state index in [0.29, 0.717) is 24.7 Å². The SMILES string of the molecule is C=CCNc1nc(C)cc(C(=O)NCCN(C)C)n1. The van der Waals surface area contributed by atoms with Gasteiger partial charge in [0.1, 0.15) is 5.69 Å². The van der Waals surface area contributed by atoms with E-state index in [1.54, 1.807) is 12.1 Å². The molecule has 1 aromatic heterocycles. The van der Waals surface area contributed by atoms with Crippen LogP contribution in [-0.4, -0.2) is 54.5 Å². The first-order valence-electron chi connectivity index (χ1n) is 6.16. The molecule has 1 amide bonds. The van der Waals surface area contributed by atoms with Crippen molar-refractivity contribution < 1.29 is 4.79 Å². The molecule has 0 fully saturated rings. The van der Waals surface area contributed by atoms with E-state index in [0.717, 1.165) is 12.2 Å². The van der Waals surface area contributed by atoms with Crippen molar-refractivity contribution in [2.24, 2.45) is 0 Å². The molecule has 19 heavy (non-hydrogen) atoms. The lowest BCUT2D eigenvalue weighted by Crippen LogP contribution is -2.32. The van der Waals surface area contributed by atoms with Gasteiger partial charge in [0.15, 0.2) is 0 Å². The van der Waals surface area contributed by atoms with Crippen LogP contribution in [0, 0.1) is 6.92 Å². The molecule has 1 heterocycles. The molecule has 0 saturated carbocycles. The van der Waals surface area contributed by atoms with Gasteiger partial charge in [-0.15, -0.1) is 6.58 Å². The minimum atomic E-state index is -0.186. The van der Waals surface area contributed by atoms with Gasteiger partial charge >= 0.3 is 0 Å². The summed E-state index contributed by atoms with van der Waals surface area (Å²) in [4.78, 5) is 22.3. The lowest BCUT2D eigenvalue weighted by molar-refractivity contribution is 0.0946. The van der Waals surface area contributed by atoms with E-state index < -0.39 is 0 Å². The van der Waals surface area contributed by atoms with Crippen LogP contribution in [-0.2, 0) is 0 Å². The molecule has 6 heteroatoms. The predicted octanol–water partition coefficient (Wildman–Crippen LogP) is 0.674. The summed E-state index contributed by atoms with van der Waals surface area (Å²) in [6, 6.07) is 1.67. The Balaban J connectivity index is 2.67. The fourth-order valence-corrected chi connectivity index (χ4v) is 1.41. The second-order valence-corrected chi connectivity index (χ2v) is 4.45. The van der Waals surface area contributed by atoms with Gasteiger partial charge in [0, 0.05) is 25.3 Å². The maximum absolute atomic E-state index is 11.9. The zero-order valence-corrected chi connectivity index (χ0v) is 11.7. The number of hydrogen-bond acceptors (Lipinski definition) is 5. The lowest BCUT2D eigenvalue weighted by Gasteiger charge is -2.11. The number of likely N-dealkylation sites (N-methyl/N-ethyl adjacent to an activating group) is 1. The highest BCUT2D eigenvalue weighted by Crippen LogP contribution is 2.04. The van der Waals surface area contributed by atoms with Crippen molar-refractivity contribution in [2.45, 2.75) is 6.92 Å². The molecule has 6 nitrogen and oxygen atoms in total. The third-order valence-corrected chi connectivity index (χ3v) is 2.34. The molecule has 0 aliphatic rings. The summed E-state index contributed by atoms with van der Waals surface area (Å²) in [6.07, 6.45) is 1.71. The van der Waals surface area contributed by atoms with Crippen LogP contribution in [0.5, 0.6) is 0 Å². The summed E-state index contributed by atoms with van der Waals surface area (Å²) in [5.41, 5.74) is 1.12. The molecule has 0 aliphatic heterocycles. The Bertz CT molecular complexity index is 445. The first-order chi connectivity index (χ1) is 9.02. The van der Waals surface area contributed by atoms with Crippen molar-refractivity contribution in [3.8, 4) is 0 Å². The van der Waals surface area contributed by atoms with Gasteiger partial charge in [-0.1, -0.05) is 6.08 Å². The number of nitrogens with zero attached hydrogens (tertiary/aromatic N) is 3. The minimum absolute atomic E-state index is 0.186. The van der Waals surface area contributed by atoms with Crippen molar-refractivity contribution in [1.29, 1.82) is 0 Å². The highest BCUT2D eigenvalue weighted by molar-refractivity contribution is 5.92. The van der Waals surface area contributed by atoms with Crippen molar-refractivity contribution >= 4 is 11.9 Å². The van der Waals surface area contributed by atoms with Crippen LogP contribution in [0.4, 0.5) is 5.95 Å². The second kappa shape index (κ2) is 7.48. The Morgan fingerprint density at radius 2 is 2.21 bits per heavy atom. The molecule has 1 aromatic rings. The van der Waals surface area contributed by atoms with Crippen molar-refractivity contribution in [1.82, 2.24) is 20.2 Å². The highest BCUT2D eigenvalue weighted by atomic mass is 16.1. The quantitative estimate of drug-likeness (QED) is 0.708. The van der Waals surface area contributed by atoms with E-state index in [9.17, 15) is 4.79 Å². The molecular weight excluding hydrogens is 242 g/mol. The molecule has 2 N–H and O–H groups in total. The fraction of sp³-hybridized carbons (Fsp3) is 0.462. The summed E-state index contributed by atoms with van der Waals surface area (Å²) in [5, 5.41) is 5.80. The fourth-order valence-electron chi connectivity index (χ4n) is 1.41. The van der Waals surface area contributed by atoms with Gasteiger partial charge in [-0.25, -0.2) is 9.97 Å². The van der Waals surface area contributed by atoms with Gasteiger partial charge in [0.2, 0.25) is 5.95 Å². The minimum Gasteiger partial charge on any atom is -0.351 e. The maximum atomic E-state index is 11.9. The summed E-state index contributed by atoms with van der Waals surface area (Å²) < 4.78 is 0. The van der Waals surface area contributed by atoms with Crippen molar-refractivity contribution in [3.05, 3.63) is 30.1 Å². The van der Waals surface area contributed by atoms with Gasteiger partial charge in [0.25, 0.3) is 5.91 Å². The van der Waals surface area contributed by atoms with Crippen LogP contribution in [0.25, 0.3) is 0 Å². The maximum Gasteiger partial charge on any atom is 0.270 e. The smallest absolute Gasteiger partial charge is 0.270 e. The monoisotopic (exact) mass is 263 g/mol. The van der Waals surface area contributed by atoms with E-state index in [1.165, 1.54) is 0 Å². The molecular formula is C13H21N5O. The Hall–Kier alpha value is -1.95. The third-order valence-electron chi connectivity index (χ3n) is 2.34. The van der Waals surface area contributed by atoms with E-state index in [-0.39, 0.29) is 5.91 Å². The number of amides is 1. The van der Waals surface area contributed by atoms with E-state index >= 15 is 0 Å². The van der Waals surface area contributed by atoms with Gasteiger partial charge < -0.3 is 15.5 Å². The largest absolute Gasteiger partial charge is 0.351 e. The van der Waals surface area contributed by atoms with E-state index in [2.05, 4.69) is 27.2 Å². The standard InChI is InChI=1S/C13H21N5O/c1-5-6-15-13-16-10(2)9-11(17-13)12(19)14-7-8-18(3)4/h5,9H,1,6-8H2,2-4H3,(H,14,19)(H,15,16,17). The normalized spacial score (nSPS) is 10.3. The molecule has 104 valence electrons. The summed E-state index contributed by atoms with van der Waals surface area (Å²) in [6.45, 7) is 7.38. The third kappa shape index (κ3) is 5.48. The molecule has 0 radical (unpaired) electrons. The number of carbonyl (C=O) groups excluding carboxylic acids is 1. The number of aromatic nitrogens is 2. The topological polar surface area (TPSA) is 70.2 Å². The van der Waals surface area contributed by atoms with Gasteiger partial charge in [-0.3, -0.25) is 4.79 Å². The number of anilines is 1. The Morgan fingerprint density at radius 1 is 1.47 bits per heavy atom. The van der Waals surface area contributed by atoms with Crippen LogP contribution >= 0.6 is 0 Å². The molecule has 1 rings (SSSR count). The first-order valence-corrected chi connectivity index (χ1v) is 6.16. The van der Waals surface area contributed by atoms with Crippen LogP contribution in [0.3, 0.4) is 0 Å². The number of hydrogen-bond donors (Lipinski definition) is 2. The first kappa shape index (κ1) is 15.1. The predicted molar refractivity (Wildman–Crippen MR) is 76.3 cm³/mol.